The van der Waals surface area contributed by atoms with E-state index in [4.69, 9.17) is 13.2 Å². The van der Waals surface area contributed by atoms with Crippen LogP contribution in [0.3, 0.4) is 0 Å². The molecule has 4 nitrogen and oxygen atoms in total. The zero-order valence-electron chi connectivity index (χ0n) is 18.9. The van der Waals surface area contributed by atoms with E-state index in [1.54, 1.807) is 7.11 Å². The van der Waals surface area contributed by atoms with E-state index in [0.717, 1.165) is 28.0 Å². The number of ether oxygens (including phenoxy) is 1. The van der Waals surface area contributed by atoms with Gasteiger partial charge in [-0.2, -0.15) is 0 Å². The van der Waals surface area contributed by atoms with E-state index in [9.17, 15) is 4.57 Å². The van der Waals surface area contributed by atoms with Gasteiger partial charge in [-0.25, -0.2) is 0 Å². The Hall–Kier alpha value is -1.70. The van der Waals surface area contributed by atoms with Crippen molar-refractivity contribution in [2.24, 2.45) is 0 Å². The highest BCUT2D eigenvalue weighted by Crippen LogP contribution is 2.66. The summed E-state index contributed by atoms with van der Waals surface area (Å²) in [6.45, 7) is 12.3. The van der Waals surface area contributed by atoms with Gasteiger partial charge in [0.1, 0.15) is 5.75 Å². The summed E-state index contributed by atoms with van der Waals surface area (Å²) in [5, 5.41) is 0.657. The molecule has 1 aliphatic rings. The number of fused-ring (bicyclic) bond motifs is 1. The molecular weight excluding hydrogens is 427 g/mol. The summed E-state index contributed by atoms with van der Waals surface area (Å²) in [4.78, 5) is 0. The zero-order chi connectivity index (χ0) is 22.2. The van der Waals surface area contributed by atoms with Crippen molar-refractivity contribution in [3.63, 3.8) is 0 Å². The fourth-order valence-corrected chi connectivity index (χ4v) is 11.1. The van der Waals surface area contributed by atoms with Crippen molar-refractivity contribution in [1.29, 1.82) is 0 Å². The summed E-state index contributed by atoms with van der Waals surface area (Å²) in [5.41, 5.74) is 3.98. The molecule has 2 aromatic carbocycles. The standard InChI is InChI=1S/C23H31O4PSi2/c1-25-20-14-12-18(13-15-20)16-22-21-11-9-8-10-19(21)17-23(22)28(24,26-29(2,3)4)27-30(5,6)7/h8-17H,1-7H3. The first-order valence-corrected chi connectivity index (χ1v) is 18.5. The van der Waals surface area contributed by atoms with Crippen LogP contribution in [-0.4, -0.2) is 23.7 Å². The molecular formula is C23H31O4PSi2. The second-order valence-electron chi connectivity index (χ2n) is 9.35. The molecule has 0 heterocycles. The number of hydrogen-bond donors (Lipinski definition) is 0. The second-order valence-corrected chi connectivity index (χ2v) is 20.7. The summed E-state index contributed by atoms with van der Waals surface area (Å²) in [5.74, 6) is 0.801. The van der Waals surface area contributed by atoms with Crippen LogP contribution in [0, 0.1) is 0 Å². The third kappa shape index (κ3) is 5.51. The van der Waals surface area contributed by atoms with Crippen LogP contribution in [0.1, 0.15) is 16.7 Å². The molecule has 30 heavy (non-hydrogen) atoms. The lowest BCUT2D eigenvalue weighted by atomic mass is 10.0. The Morgan fingerprint density at radius 3 is 1.93 bits per heavy atom. The molecule has 0 radical (unpaired) electrons. The molecule has 0 saturated carbocycles. The van der Waals surface area contributed by atoms with Crippen molar-refractivity contribution in [3.8, 4) is 5.75 Å². The van der Waals surface area contributed by atoms with Gasteiger partial charge >= 0.3 is 7.60 Å². The zero-order valence-corrected chi connectivity index (χ0v) is 21.7. The molecule has 0 amide bonds. The van der Waals surface area contributed by atoms with Gasteiger partial charge in [-0.3, -0.25) is 4.57 Å². The third-order valence-electron chi connectivity index (χ3n) is 4.33. The van der Waals surface area contributed by atoms with Gasteiger partial charge in [0.15, 0.2) is 16.6 Å². The van der Waals surface area contributed by atoms with E-state index in [0.29, 0.717) is 5.31 Å². The highest BCUT2D eigenvalue weighted by Gasteiger charge is 2.43. The molecule has 0 N–H and O–H groups in total. The maximum absolute atomic E-state index is 14.3. The van der Waals surface area contributed by atoms with Crippen molar-refractivity contribution in [1.82, 2.24) is 0 Å². The van der Waals surface area contributed by atoms with Gasteiger partial charge < -0.3 is 13.2 Å². The summed E-state index contributed by atoms with van der Waals surface area (Å²) < 4.78 is 32.2. The van der Waals surface area contributed by atoms with Crippen LogP contribution in [0.25, 0.3) is 17.7 Å². The normalized spacial score (nSPS) is 15.8. The fraction of sp³-hybridized carbons (Fsp3) is 0.304. The molecule has 1 aliphatic carbocycles. The molecule has 0 bridgehead atoms. The number of rotatable bonds is 7. The fourth-order valence-electron chi connectivity index (χ4n) is 3.31. The first-order valence-electron chi connectivity index (χ1n) is 10.1. The van der Waals surface area contributed by atoms with Gasteiger partial charge in [-0.05, 0) is 85.8 Å². The number of methoxy groups -OCH3 is 1. The van der Waals surface area contributed by atoms with Gasteiger partial charge in [-0.1, -0.05) is 36.4 Å². The van der Waals surface area contributed by atoms with Crippen LogP contribution in [-0.2, 0) is 13.0 Å². The van der Waals surface area contributed by atoms with Gasteiger partial charge in [-0.15, -0.1) is 0 Å². The first kappa shape index (κ1) is 23.0. The van der Waals surface area contributed by atoms with Crippen LogP contribution in [0.4, 0.5) is 0 Å². The Kier molecular flexibility index (Phi) is 6.47. The monoisotopic (exact) mass is 458 g/mol. The largest absolute Gasteiger partial charge is 0.497 e. The highest BCUT2D eigenvalue weighted by molar-refractivity contribution is 7.62. The Balaban J connectivity index is 2.15. The summed E-state index contributed by atoms with van der Waals surface area (Å²) in [6.07, 6.45) is 4.04. The molecule has 160 valence electrons. The van der Waals surface area contributed by atoms with Gasteiger partial charge in [0.2, 0.25) is 0 Å². The Labute approximate surface area is 182 Å². The molecule has 2 aromatic rings. The Morgan fingerprint density at radius 2 is 1.40 bits per heavy atom. The van der Waals surface area contributed by atoms with Crippen molar-refractivity contribution >= 4 is 42.0 Å². The number of hydrogen-bond acceptors (Lipinski definition) is 4. The smallest absolute Gasteiger partial charge is 0.342 e. The third-order valence-corrected chi connectivity index (χ3v) is 11.6. The maximum atomic E-state index is 14.3. The molecule has 0 unspecified atom stereocenters. The average molecular weight is 459 g/mol. The van der Waals surface area contributed by atoms with E-state index in [2.05, 4.69) is 12.1 Å². The van der Waals surface area contributed by atoms with E-state index in [1.165, 1.54) is 0 Å². The average Bonchev–Trinajstić information content (AvgIpc) is 2.99. The first-order chi connectivity index (χ1) is 13.9. The van der Waals surface area contributed by atoms with E-state index >= 15 is 0 Å². The molecule has 0 spiro atoms. The van der Waals surface area contributed by atoms with Crippen LogP contribution in [0.2, 0.25) is 39.3 Å². The van der Waals surface area contributed by atoms with Crippen LogP contribution < -0.4 is 4.74 Å². The highest BCUT2D eigenvalue weighted by atomic mass is 31.2. The minimum Gasteiger partial charge on any atom is -0.497 e. The van der Waals surface area contributed by atoms with Crippen LogP contribution in [0.15, 0.2) is 53.8 Å². The van der Waals surface area contributed by atoms with Gasteiger partial charge in [0.05, 0.1) is 12.4 Å². The van der Waals surface area contributed by atoms with Gasteiger partial charge in [0.25, 0.3) is 0 Å². The summed E-state index contributed by atoms with van der Waals surface area (Å²) >= 11 is 0. The van der Waals surface area contributed by atoms with Crippen LogP contribution in [0.5, 0.6) is 5.75 Å². The Bertz CT molecular complexity index is 1010. The SMILES string of the molecule is COc1ccc(C=C2C(P(=O)(O[Si](C)(C)C)O[Si](C)(C)C)=Cc3ccccc32)cc1. The minimum absolute atomic E-state index is 0.657. The lowest BCUT2D eigenvalue weighted by molar-refractivity contribution is 0.393. The molecule has 0 fully saturated rings. The molecule has 3 rings (SSSR count). The van der Waals surface area contributed by atoms with E-state index in [1.807, 2.05) is 87.8 Å². The van der Waals surface area contributed by atoms with Gasteiger partial charge in [0, 0.05) is 0 Å². The lowest BCUT2D eigenvalue weighted by Gasteiger charge is -2.32. The van der Waals surface area contributed by atoms with Crippen molar-refractivity contribution in [2.45, 2.75) is 39.3 Å². The second kappa shape index (κ2) is 8.44. The minimum atomic E-state index is -3.51. The topological polar surface area (TPSA) is 44.8 Å². The number of allylic oxidation sites excluding steroid dienone is 2. The van der Waals surface area contributed by atoms with Crippen molar-refractivity contribution in [3.05, 3.63) is 70.5 Å². The summed E-state index contributed by atoms with van der Waals surface area (Å²) in [6, 6.07) is 15.9. The van der Waals surface area contributed by atoms with Crippen LogP contribution >= 0.6 is 7.60 Å². The predicted molar refractivity (Wildman–Crippen MR) is 132 cm³/mol. The number of benzene rings is 2. The molecule has 0 aliphatic heterocycles. The summed E-state index contributed by atoms with van der Waals surface area (Å²) in [7, 11) is -6.15. The Morgan fingerprint density at radius 1 is 0.833 bits per heavy atom. The lowest BCUT2D eigenvalue weighted by Crippen LogP contribution is -2.30. The van der Waals surface area contributed by atoms with E-state index in [-0.39, 0.29) is 0 Å². The van der Waals surface area contributed by atoms with Crippen molar-refractivity contribution in [2.75, 3.05) is 7.11 Å². The maximum Gasteiger partial charge on any atom is 0.342 e. The predicted octanol–water partition coefficient (Wildman–Crippen LogP) is 7.49. The molecule has 7 heteroatoms. The molecule has 0 aromatic heterocycles. The molecule has 0 saturated heterocycles. The van der Waals surface area contributed by atoms with E-state index < -0.39 is 24.2 Å². The van der Waals surface area contributed by atoms with Crippen molar-refractivity contribution < 1.29 is 17.7 Å². The molecule has 0 atom stereocenters. The quantitative estimate of drug-likeness (QED) is 0.318.